The van der Waals surface area contributed by atoms with Gasteiger partial charge in [0.1, 0.15) is 11.5 Å². The van der Waals surface area contributed by atoms with Crippen molar-refractivity contribution in [3.05, 3.63) is 71.5 Å². The van der Waals surface area contributed by atoms with Crippen molar-refractivity contribution in [2.45, 2.75) is 19.3 Å². The van der Waals surface area contributed by atoms with Gasteiger partial charge >= 0.3 is 0 Å². The minimum absolute atomic E-state index is 0.0324. The molecule has 130 valence electrons. The van der Waals surface area contributed by atoms with Gasteiger partial charge in [0.15, 0.2) is 0 Å². The zero-order valence-corrected chi connectivity index (χ0v) is 14.9. The highest BCUT2D eigenvalue weighted by Crippen LogP contribution is 2.41. The monoisotopic (exact) mass is 345 g/mol. The predicted molar refractivity (Wildman–Crippen MR) is 100 cm³/mol. The SMILES string of the molecule is CN1C(=O)C(C)(C)c2ccc(C(=O)c3cnc(-c4ccccc4)[nH]3)cc21. The van der Waals surface area contributed by atoms with Crippen molar-refractivity contribution < 1.29 is 9.59 Å². The Morgan fingerprint density at radius 2 is 1.85 bits per heavy atom. The highest BCUT2D eigenvalue weighted by Gasteiger charge is 2.42. The molecule has 0 atom stereocenters. The summed E-state index contributed by atoms with van der Waals surface area (Å²) < 4.78 is 0. The van der Waals surface area contributed by atoms with Gasteiger partial charge in [-0.1, -0.05) is 42.5 Å². The van der Waals surface area contributed by atoms with Gasteiger partial charge in [-0.05, 0) is 25.5 Å². The maximum Gasteiger partial charge on any atom is 0.236 e. The number of imidazole rings is 1. The van der Waals surface area contributed by atoms with Gasteiger partial charge in [0.05, 0.1) is 11.6 Å². The van der Waals surface area contributed by atoms with Gasteiger partial charge in [0.25, 0.3) is 0 Å². The lowest BCUT2D eigenvalue weighted by atomic mass is 9.85. The molecule has 0 radical (unpaired) electrons. The first-order chi connectivity index (χ1) is 12.4. The van der Waals surface area contributed by atoms with E-state index >= 15 is 0 Å². The van der Waals surface area contributed by atoms with Gasteiger partial charge in [-0.15, -0.1) is 0 Å². The Morgan fingerprint density at radius 1 is 1.12 bits per heavy atom. The number of aromatic amines is 1. The lowest BCUT2D eigenvalue weighted by Gasteiger charge is -2.16. The molecule has 1 aromatic heterocycles. The second kappa shape index (κ2) is 5.66. The van der Waals surface area contributed by atoms with Gasteiger partial charge in [-0.2, -0.15) is 0 Å². The molecule has 1 amide bonds. The quantitative estimate of drug-likeness (QED) is 0.738. The van der Waals surface area contributed by atoms with Gasteiger partial charge < -0.3 is 9.88 Å². The Bertz CT molecular complexity index is 1020. The van der Waals surface area contributed by atoms with Crippen LogP contribution < -0.4 is 4.90 Å². The van der Waals surface area contributed by atoms with Crippen LogP contribution in [0, 0.1) is 0 Å². The average Bonchev–Trinajstić information content (AvgIpc) is 3.21. The van der Waals surface area contributed by atoms with Crippen LogP contribution in [0.15, 0.2) is 54.7 Å². The molecule has 1 aliphatic heterocycles. The summed E-state index contributed by atoms with van der Waals surface area (Å²) in [4.78, 5) is 34.3. The second-order valence-corrected chi connectivity index (χ2v) is 7.06. The number of nitrogens with one attached hydrogen (secondary N) is 1. The van der Waals surface area contributed by atoms with E-state index in [4.69, 9.17) is 0 Å². The molecule has 2 heterocycles. The van der Waals surface area contributed by atoms with Crippen LogP contribution in [-0.4, -0.2) is 28.7 Å². The topological polar surface area (TPSA) is 66.1 Å². The first-order valence-corrected chi connectivity index (χ1v) is 8.47. The zero-order chi connectivity index (χ0) is 18.5. The second-order valence-electron chi connectivity index (χ2n) is 7.06. The Kier molecular flexibility index (Phi) is 3.54. The fourth-order valence-corrected chi connectivity index (χ4v) is 3.46. The van der Waals surface area contributed by atoms with Crippen molar-refractivity contribution >= 4 is 17.4 Å². The van der Waals surface area contributed by atoms with Crippen LogP contribution in [0.3, 0.4) is 0 Å². The third-order valence-corrected chi connectivity index (χ3v) is 5.00. The molecule has 5 heteroatoms. The van der Waals surface area contributed by atoms with E-state index in [-0.39, 0.29) is 11.7 Å². The fraction of sp³-hybridized carbons (Fsp3) is 0.190. The van der Waals surface area contributed by atoms with E-state index in [9.17, 15) is 9.59 Å². The van der Waals surface area contributed by atoms with Crippen LogP contribution in [0.5, 0.6) is 0 Å². The molecule has 0 aliphatic carbocycles. The van der Waals surface area contributed by atoms with Crippen LogP contribution in [0.1, 0.15) is 35.5 Å². The van der Waals surface area contributed by atoms with Crippen molar-refractivity contribution in [1.29, 1.82) is 0 Å². The van der Waals surface area contributed by atoms with E-state index in [0.29, 0.717) is 17.1 Å². The third-order valence-electron chi connectivity index (χ3n) is 5.00. The zero-order valence-electron chi connectivity index (χ0n) is 14.9. The Hall–Kier alpha value is -3.21. The molecule has 1 N–H and O–H groups in total. The number of anilines is 1. The minimum atomic E-state index is -0.569. The van der Waals surface area contributed by atoms with Gasteiger partial charge in [-0.3, -0.25) is 9.59 Å². The number of fused-ring (bicyclic) bond motifs is 1. The highest BCUT2D eigenvalue weighted by molar-refractivity contribution is 6.11. The molecule has 0 saturated heterocycles. The number of hydrogen-bond donors (Lipinski definition) is 1. The minimum Gasteiger partial charge on any atom is -0.335 e. The molecule has 0 fully saturated rings. The number of hydrogen-bond acceptors (Lipinski definition) is 3. The van der Waals surface area contributed by atoms with E-state index in [0.717, 1.165) is 16.8 Å². The third kappa shape index (κ3) is 2.36. The molecule has 1 aliphatic rings. The summed E-state index contributed by atoms with van der Waals surface area (Å²) >= 11 is 0. The summed E-state index contributed by atoms with van der Waals surface area (Å²) in [6.07, 6.45) is 1.55. The number of benzene rings is 2. The predicted octanol–water partition coefficient (Wildman–Crippen LogP) is 3.56. The lowest BCUT2D eigenvalue weighted by Crippen LogP contribution is -2.33. The van der Waals surface area contributed by atoms with Crippen LogP contribution in [-0.2, 0) is 10.2 Å². The first-order valence-electron chi connectivity index (χ1n) is 8.47. The van der Waals surface area contributed by atoms with Crippen LogP contribution in [0.2, 0.25) is 0 Å². The first kappa shape index (κ1) is 16.3. The fourth-order valence-electron chi connectivity index (χ4n) is 3.46. The smallest absolute Gasteiger partial charge is 0.236 e. The number of carbonyl (C=O) groups excluding carboxylic acids is 2. The van der Waals surface area contributed by atoms with Crippen molar-refractivity contribution in [3.8, 4) is 11.4 Å². The number of carbonyl (C=O) groups is 2. The summed E-state index contributed by atoms with van der Waals surface area (Å²) in [6.45, 7) is 3.81. The number of amides is 1. The summed E-state index contributed by atoms with van der Waals surface area (Å²) in [5, 5.41) is 0. The highest BCUT2D eigenvalue weighted by atomic mass is 16.2. The molecule has 5 nitrogen and oxygen atoms in total. The van der Waals surface area contributed by atoms with Crippen molar-refractivity contribution in [1.82, 2.24) is 9.97 Å². The normalized spacial score (nSPS) is 15.2. The number of likely N-dealkylation sites (N-methyl/N-ethyl adjacent to an activating group) is 1. The molecular weight excluding hydrogens is 326 g/mol. The number of rotatable bonds is 3. The van der Waals surface area contributed by atoms with Crippen molar-refractivity contribution in [2.24, 2.45) is 0 Å². The average molecular weight is 345 g/mol. The van der Waals surface area contributed by atoms with Crippen LogP contribution in [0.25, 0.3) is 11.4 Å². The van der Waals surface area contributed by atoms with Gasteiger partial charge in [0.2, 0.25) is 11.7 Å². The van der Waals surface area contributed by atoms with Crippen LogP contribution in [0.4, 0.5) is 5.69 Å². The van der Waals surface area contributed by atoms with Crippen molar-refractivity contribution in [3.63, 3.8) is 0 Å². The Labute approximate surface area is 151 Å². The maximum atomic E-state index is 12.9. The number of aromatic nitrogens is 2. The lowest BCUT2D eigenvalue weighted by molar-refractivity contribution is -0.121. The molecule has 4 rings (SSSR count). The molecule has 0 saturated carbocycles. The molecule has 0 bridgehead atoms. The Morgan fingerprint density at radius 3 is 2.58 bits per heavy atom. The van der Waals surface area contributed by atoms with Crippen molar-refractivity contribution in [2.75, 3.05) is 11.9 Å². The maximum absolute atomic E-state index is 12.9. The molecule has 2 aromatic carbocycles. The van der Waals surface area contributed by atoms with E-state index in [1.807, 2.05) is 50.2 Å². The summed E-state index contributed by atoms with van der Waals surface area (Å²) in [6, 6.07) is 15.1. The standard InChI is InChI=1S/C21H19N3O2/c1-21(2)15-10-9-14(11-17(15)24(3)20(21)26)18(25)16-12-22-19(23-16)13-7-5-4-6-8-13/h4-12H,1-3H3,(H,22,23). The van der Waals surface area contributed by atoms with Crippen LogP contribution >= 0.6 is 0 Å². The molecular formula is C21H19N3O2. The number of nitrogens with zero attached hydrogens (tertiary/aromatic N) is 2. The Balaban J connectivity index is 1.69. The number of ketones is 1. The summed E-state index contributed by atoms with van der Waals surface area (Å²) in [5.41, 5.74) is 3.04. The van der Waals surface area contributed by atoms with E-state index in [2.05, 4.69) is 9.97 Å². The van der Waals surface area contributed by atoms with E-state index in [1.54, 1.807) is 30.3 Å². The molecule has 3 aromatic rings. The van der Waals surface area contributed by atoms with Gasteiger partial charge in [-0.25, -0.2) is 4.98 Å². The number of H-pyrrole nitrogens is 1. The van der Waals surface area contributed by atoms with E-state index in [1.165, 1.54) is 0 Å². The van der Waals surface area contributed by atoms with Gasteiger partial charge in [0, 0.05) is 23.9 Å². The summed E-state index contributed by atoms with van der Waals surface area (Å²) in [5.74, 6) is 0.543. The molecule has 0 spiro atoms. The van der Waals surface area contributed by atoms with E-state index < -0.39 is 5.41 Å². The molecule has 0 unspecified atom stereocenters. The largest absolute Gasteiger partial charge is 0.335 e. The molecule has 26 heavy (non-hydrogen) atoms. The summed E-state index contributed by atoms with van der Waals surface area (Å²) in [7, 11) is 1.74.